The molecule has 144 valence electrons. The second-order valence-electron chi connectivity index (χ2n) is 7.02. The molecule has 0 spiro atoms. The summed E-state index contributed by atoms with van der Waals surface area (Å²) in [4.78, 5) is 28.7. The van der Waals surface area contributed by atoms with E-state index in [0.717, 1.165) is 11.1 Å². The van der Waals surface area contributed by atoms with Crippen LogP contribution in [0.1, 0.15) is 30.0 Å². The van der Waals surface area contributed by atoms with E-state index in [9.17, 15) is 9.59 Å². The van der Waals surface area contributed by atoms with Crippen LogP contribution in [-0.4, -0.2) is 24.4 Å². The number of nitrogens with zero attached hydrogens (tertiary/aromatic N) is 3. The maximum Gasteiger partial charge on any atom is 0.294 e. The molecule has 1 aliphatic heterocycles. The van der Waals surface area contributed by atoms with Gasteiger partial charge in [0.25, 0.3) is 5.91 Å². The molecular formula is C23H19N3O3. The minimum absolute atomic E-state index is 0.0741. The first-order valence-electron chi connectivity index (χ1n) is 9.29. The fraction of sp³-hybridized carbons (Fsp3) is 0.174. The molecule has 1 aliphatic rings. The fourth-order valence-corrected chi connectivity index (χ4v) is 3.75. The number of hydrogen-bond donors (Lipinski definition) is 0. The van der Waals surface area contributed by atoms with Gasteiger partial charge in [-0.15, -0.1) is 0 Å². The molecule has 4 rings (SSSR count). The van der Waals surface area contributed by atoms with Gasteiger partial charge in [-0.1, -0.05) is 18.2 Å². The zero-order chi connectivity index (χ0) is 20.5. The summed E-state index contributed by atoms with van der Waals surface area (Å²) in [5.41, 5.74) is 3.74. The maximum atomic E-state index is 13.1. The normalized spacial score (nSPS) is 15.6. The van der Waals surface area contributed by atoms with Crippen LogP contribution in [0.15, 0.2) is 65.3 Å². The Hall–Kier alpha value is -3.85. The van der Waals surface area contributed by atoms with Gasteiger partial charge in [0.05, 0.1) is 35.3 Å². The SMILES string of the molecule is CC(=O)N1c2ccc(-c3ccc(C#N)cc3)cc2N(C(=O)c2ccco2)C[C@@H]1C. The van der Waals surface area contributed by atoms with Crippen LogP contribution in [0.2, 0.25) is 0 Å². The minimum Gasteiger partial charge on any atom is -0.459 e. The Morgan fingerprint density at radius 3 is 2.41 bits per heavy atom. The third-order valence-electron chi connectivity index (χ3n) is 5.08. The Morgan fingerprint density at radius 1 is 1.07 bits per heavy atom. The molecule has 0 fully saturated rings. The van der Waals surface area contributed by atoms with Crippen LogP contribution >= 0.6 is 0 Å². The van der Waals surface area contributed by atoms with Crippen LogP contribution < -0.4 is 9.80 Å². The van der Waals surface area contributed by atoms with E-state index >= 15 is 0 Å². The summed E-state index contributed by atoms with van der Waals surface area (Å²) in [7, 11) is 0. The Bertz CT molecular complexity index is 1110. The summed E-state index contributed by atoms with van der Waals surface area (Å²) in [5.74, 6) is -0.0681. The standard InChI is InChI=1S/C23H19N3O3/c1-15-14-25(23(28)22-4-3-11-29-22)21-12-19(9-10-20(21)26(15)16(2)27)18-7-5-17(13-24)6-8-18/h3-12,15H,14H2,1-2H3/t15-/m0/s1. The molecule has 0 saturated carbocycles. The lowest BCUT2D eigenvalue weighted by Crippen LogP contribution is -2.51. The number of benzene rings is 2. The fourth-order valence-electron chi connectivity index (χ4n) is 3.75. The number of anilines is 2. The average Bonchev–Trinajstić information content (AvgIpc) is 3.27. The molecule has 6 heteroatoms. The first kappa shape index (κ1) is 18.5. The molecule has 0 unspecified atom stereocenters. The van der Waals surface area contributed by atoms with Crippen molar-refractivity contribution in [2.45, 2.75) is 19.9 Å². The topological polar surface area (TPSA) is 77.5 Å². The van der Waals surface area contributed by atoms with Crippen molar-refractivity contribution in [3.63, 3.8) is 0 Å². The second kappa shape index (κ2) is 7.28. The highest BCUT2D eigenvalue weighted by Gasteiger charge is 2.34. The van der Waals surface area contributed by atoms with Crippen molar-refractivity contribution in [2.75, 3.05) is 16.3 Å². The summed E-state index contributed by atoms with van der Waals surface area (Å²) < 4.78 is 5.31. The molecule has 1 atom stereocenters. The zero-order valence-corrected chi connectivity index (χ0v) is 16.1. The lowest BCUT2D eigenvalue weighted by Gasteiger charge is -2.40. The summed E-state index contributed by atoms with van der Waals surface area (Å²) in [6.07, 6.45) is 1.47. The van der Waals surface area contributed by atoms with E-state index in [1.54, 1.807) is 34.1 Å². The quantitative estimate of drug-likeness (QED) is 0.662. The van der Waals surface area contributed by atoms with E-state index in [1.807, 2.05) is 37.3 Å². The zero-order valence-electron chi connectivity index (χ0n) is 16.1. The summed E-state index contributed by atoms with van der Waals surface area (Å²) in [5, 5.41) is 9.01. The lowest BCUT2D eigenvalue weighted by molar-refractivity contribution is -0.117. The highest BCUT2D eigenvalue weighted by atomic mass is 16.3. The number of furan rings is 1. The van der Waals surface area contributed by atoms with Gasteiger partial charge >= 0.3 is 0 Å². The largest absolute Gasteiger partial charge is 0.459 e. The van der Waals surface area contributed by atoms with Crippen LogP contribution in [0.4, 0.5) is 11.4 Å². The molecule has 2 amide bonds. The third-order valence-corrected chi connectivity index (χ3v) is 5.08. The Balaban J connectivity index is 1.83. The predicted molar refractivity (Wildman–Crippen MR) is 110 cm³/mol. The molecule has 0 aliphatic carbocycles. The van der Waals surface area contributed by atoms with E-state index in [-0.39, 0.29) is 23.6 Å². The molecule has 1 aromatic heterocycles. The number of fused-ring (bicyclic) bond motifs is 1. The smallest absolute Gasteiger partial charge is 0.294 e. The van der Waals surface area contributed by atoms with Gasteiger partial charge in [-0.2, -0.15) is 5.26 Å². The number of amides is 2. The molecule has 2 heterocycles. The molecule has 0 bridgehead atoms. The van der Waals surface area contributed by atoms with E-state index < -0.39 is 0 Å². The van der Waals surface area contributed by atoms with Gasteiger partial charge in [-0.25, -0.2) is 0 Å². The Kier molecular flexibility index (Phi) is 4.65. The van der Waals surface area contributed by atoms with Crippen molar-refractivity contribution >= 4 is 23.2 Å². The van der Waals surface area contributed by atoms with Crippen molar-refractivity contribution < 1.29 is 14.0 Å². The highest BCUT2D eigenvalue weighted by Crippen LogP contribution is 2.39. The molecule has 29 heavy (non-hydrogen) atoms. The number of nitriles is 1. The first-order chi connectivity index (χ1) is 14.0. The van der Waals surface area contributed by atoms with E-state index in [2.05, 4.69) is 6.07 Å². The van der Waals surface area contributed by atoms with E-state index in [1.165, 1.54) is 13.2 Å². The van der Waals surface area contributed by atoms with Gasteiger partial charge in [0.1, 0.15) is 0 Å². The predicted octanol–water partition coefficient (Wildman–Crippen LogP) is 4.22. The number of rotatable bonds is 2. The van der Waals surface area contributed by atoms with Gasteiger partial charge in [-0.3, -0.25) is 9.59 Å². The molecule has 2 aromatic carbocycles. The Labute approximate surface area is 168 Å². The number of hydrogen-bond acceptors (Lipinski definition) is 4. The average molecular weight is 385 g/mol. The second-order valence-corrected chi connectivity index (χ2v) is 7.02. The third kappa shape index (κ3) is 3.27. The van der Waals surface area contributed by atoms with Gasteiger partial charge in [-0.05, 0) is 54.4 Å². The van der Waals surface area contributed by atoms with Crippen molar-refractivity contribution in [3.8, 4) is 17.2 Å². The van der Waals surface area contributed by atoms with Crippen LogP contribution in [0, 0.1) is 11.3 Å². The number of carbonyl (C=O) groups is 2. The Morgan fingerprint density at radius 2 is 1.79 bits per heavy atom. The molecule has 0 saturated heterocycles. The highest BCUT2D eigenvalue weighted by molar-refractivity contribution is 6.10. The molecule has 3 aromatic rings. The van der Waals surface area contributed by atoms with E-state index in [4.69, 9.17) is 9.68 Å². The summed E-state index contributed by atoms with van der Waals surface area (Å²) in [6, 6.07) is 18.2. The van der Waals surface area contributed by atoms with Gasteiger partial charge in [0, 0.05) is 13.5 Å². The monoisotopic (exact) mass is 385 g/mol. The minimum atomic E-state index is -0.247. The van der Waals surface area contributed by atoms with Crippen molar-refractivity contribution in [1.29, 1.82) is 5.26 Å². The summed E-state index contributed by atoms with van der Waals surface area (Å²) in [6.45, 7) is 3.81. The summed E-state index contributed by atoms with van der Waals surface area (Å²) >= 11 is 0. The van der Waals surface area contributed by atoms with Gasteiger partial charge in [0.2, 0.25) is 5.91 Å². The number of carbonyl (C=O) groups excluding carboxylic acids is 2. The lowest BCUT2D eigenvalue weighted by atomic mass is 9.99. The van der Waals surface area contributed by atoms with Crippen LogP contribution in [0.3, 0.4) is 0 Å². The van der Waals surface area contributed by atoms with Crippen LogP contribution in [-0.2, 0) is 4.79 Å². The van der Waals surface area contributed by atoms with Crippen molar-refractivity contribution in [1.82, 2.24) is 0 Å². The molecule has 0 radical (unpaired) electrons. The molecule has 6 nitrogen and oxygen atoms in total. The molecular weight excluding hydrogens is 366 g/mol. The first-order valence-corrected chi connectivity index (χ1v) is 9.29. The van der Waals surface area contributed by atoms with Gasteiger partial charge in [0.15, 0.2) is 5.76 Å². The van der Waals surface area contributed by atoms with Gasteiger partial charge < -0.3 is 14.2 Å². The van der Waals surface area contributed by atoms with Crippen LogP contribution in [0.5, 0.6) is 0 Å². The molecule has 0 N–H and O–H groups in total. The van der Waals surface area contributed by atoms with Crippen molar-refractivity contribution in [2.24, 2.45) is 0 Å². The van der Waals surface area contributed by atoms with E-state index in [0.29, 0.717) is 23.5 Å². The maximum absolute atomic E-state index is 13.1. The van der Waals surface area contributed by atoms with Crippen LogP contribution in [0.25, 0.3) is 11.1 Å². The van der Waals surface area contributed by atoms with Crippen molar-refractivity contribution in [3.05, 3.63) is 72.2 Å².